The Hall–Kier alpha value is -3.90. The number of carbonyl (C=O) groups excluding carboxylic acids is 1. The van der Waals surface area contributed by atoms with E-state index in [1.54, 1.807) is 6.92 Å². The lowest BCUT2D eigenvalue weighted by atomic mass is 10.1. The van der Waals surface area contributed by atoms with Gasteiger partial charge in [0, 0.05) is 22.8 Å². The number of nitrogens with zero attached hydrogens (tertiary/aromatic N) is 3. The van der Waals surface area contributed by atoms with Gasteiger partial charge in [0.1, 0.15) is 17.2 Å². The Labute approximate surface area is 234 Å². The van der Waals surface area contributed by atoms with Crippen LogP contribution in [0.25, 0.3) is 5.65 Å². The highest BCUT2D eigenvalue weighted by molar-refractivity contribution is 8.45. The third-order valence-corrected chi connectivity index (χ3v) is 6.38. The zero-order valence-electron chi connectivity index (χ0n) is 22.2. The normalized spacial score (nSPS) is 12.9. The van der Waals surface area contributed by atoms with Crippen molar-refractivity contribution in [3.05, 3.63) is 50.9 Å². The van der Waals surface area contributed by atoms with E-state index in [4.69, 9.17) is 15.3 Å². The van der Waals surface area contributed by atoms with Crippen LogP contribution in [0.5, 0.6) is 5.75 Å². The Kier molecular flexibility index (Phi) is 11.4. The van der Waals surface area contributed by atoms with Gasteiger partial charge in [-0.25, -0.2) is 9.48 Å². The molecule has 0 fully saturated rings. The lowest BCUT2D eigenvalue weighted by Gasteiger charge is -2.40. The number of carboxylic acids is 1. The molecule has 0 saturated carbocycles. The van der Waals surface area contributed by atoms with Crippen LogP contribution in [0.2, 0.25) is 0 Å². The summed E-state index contributed by atoms with van der Waals surface area (Å²) in [7, 11) is -9.09. The number of methoxy groups -OCH3 is 1. The minimum atomic E-state index is -10.1. The molecular weight excluding hydrogens is 610 g/mol. The molecule has 19 heteroatoms. The Morgan fingerprint density at radius 2 is 1.55 bits per heavy atom. The number of hydrogen-bond acceptors (Lipinski definition) is 6. The van der Waals surface area contributed by atoms with Gasteiger partial charge in [0.05, 0.1) is 7.11 Å². The molecule has 0 aliphatic carbocycles. The van der Waals surface area contributed by atoms with Crippen molar-refractivity contribution >= 4 is 27.6 Å². The Balaban J connectivity index is 0.00000120. The van der Waals surface area contributed by atoms with Crippen molar-refractivity contribution in [2.45, 2.75) is 65.6 Å². The van der Waals surface area contributed by atoms with Gasteiger partial charge in [0.15, 0.2) is 11.4 Å². The summed E-state index contributed by atoms with van der Waals surface area (Å²) in [6.07, 6.45) is -2.44. The number of ketones is 1. The second-order valence-electron chi connectivity index (χ2n) is 8.42. The fourth-order valence-electron chi connectivity index (χ4n) is 2.71. The average Bonchev–Trinajstić information content (AvgIpc) is 3.15. The largest absolute Gasteiger partial charge is 0.497 e. The molecule has 0 unspecified atom stereocenters. The molecule has 0 atom stereocenters. The maximum absolute atomic E-state index is 13.2. The van der Waals surface area contributed by atoms with Gasteiger partial charge in [-0.2, -0.15) is 17.7 Å². The van der Waals surface area contributed by atoms with Crippen molar-refractivity contribution in [1.29, 1.82) is 5.41 Å². The third-order valence-electron chi connectivity index (χ3n) is 5.25. The van der Waals surface area contributed by atoms with E-state index in [9.17, 15) is 42.2 Å². The van der Waals surface area contributed by atoms with Crippen molar-refractivity contribution in [2.75, 3.05) is 7.11 Å². The molecule has 3 rings (SSSR count). The Bertz CT molecular complexity index is 1560. The number of Topliss-reactive ketones (excluding diaryl/α,β-unsaturated/α-hetero) is 1. The van der Waals surface area contributed by atoms with Gasteiger partial charge in [-0.1, -0.05) is 53.5 Å². The highest BCUT2D eigenvalue weighted by atomic mass is 32.5. The smallest absolute Gasteiger partial charge is 0.490 e. The van der Waals surface area contributed by atoms with Crippen molar-refractivity contribution in [2.24, 2.45) is 0 Å². The minimum Gasteiger partial charge on any atom is -0.497 e. The molecule has 0 aliphatic rings. The van der Waals surface area contributed by atoms with Crippen LogP contribution in [-0.2, 0) is 11.3 Å². The zero-order valence-corrected chi connectivity index (χ0v) is 23.0. The number of hydrogen-bond donors (Lipinski definition) is 3. The van der Waals surface area contributed by atoms with Crippen LogP contribution in [0.4, 0.5) is 32.6 Å². The van der Waals surface area contributed by atoms with Crippen LogP contribution in [0, 0.1) is 19.3 Å². The fourth-order valence-corrected chi connectivity index (χ4v) is 3.39. The molecule has 0 radical (unpaired) electrons. The van der Waals surface area contributed by atoms with Crippen molar-refractivity contribution in [1.82, 2.24) is 19.4 Å². The molecule has 10 nitrogen and oxygen atoms in total. The van der Waals surface area contributed by atoms with E-state index in [1.807, 2.05) is 0 Å². The van der Waals surface area contributed by atoms with E-state index in [2.05, 4.69) is 28.8 Å². The van der Waals surface area contributed by atoms with Gasteiger partial charge < -0.3 is 9.84 Å². The summed E-state index contributed by atoms with van der Waals surface area (Å²) in [5.74, 6) is -4.35. The molecule has 0 bridgehead atoms. The maximum atomic E-state index is 13.2. The van der Waals surface area contributed by atoms with Crippen LogP contribution in [-0.4, -0.2) is 49.5 Å². The summed E-state index contributed by atoms with van der Waals surface area (Å²) in [4.78, 5) is 31.0. The summed E-state index contributed by atoms with van der Waals surface area (Å²) in [5.41, 5.74) is -0.694. The quantitative estimate of drug-likeness (QED) is 0.206. The molecule has 0 spiro atoms. The number of fused-ring (bicyclic) bond motifs is 1. The van der Waals surface area contributed by atoms with Gasteiger partial charge in [0.2, 0.25) is 5.62 Å². The number of aromatic nitrogens is 4. The molecule has 240 valence electrons. The molecule has 0 amide bonds. The highest BCUT2D eigenvalue weighted by Crippen LogP contribution is 3.02. The monoisotopic (exact) mass is 641 g/mol. The number of carbonyl (C=O) groups is 2. The first-order valence-corrected chi connectivity index (χ1v) is 13.3. The SMILES string of the molecule is C.CCCC.COc1cc(C(=O)Cn2nc3c(C)c(C)c(=O)[nH]n3c2=N)cc(S(F)(F)(F)(F)F)c1.O=C(O)C(F)(F)F. The molecule has 42 heavy (non-hydrogen) atoms. The third kappa shape index (κ3) is 9.88. The number of halogens is 8. The summed E-state index contributed by atoms with van der Waals surface area (Å²) < 4.78 is 104. The van der Waals surface area contributed by atoms with E-state index in [1.165, 1.54) is 19.8 Å². The number of rotatable bonds is 6. The minimum absolute atomic E-state index is 0. The maximum Gasteiger partial charge on any atom is 0.490 e. The number of ether oxygens (including phenoxy) is 1. The first-order valence-electron chi connectivity index (χ1n) is 11.4. The van der Waals surface area contributed by atoms with Gasteiger partial charge >= 0.3 is 22.4 Å². The topological polar surface area (TPSA) is 143 Å². The molecule has 0 aliphatic heterocycles. The predicted octanol–water partition coefficient (Wildman–Crippen LogP) is 6.55. The Morgan fingerprint density at radius 3 is 1.95 bits per heavy atom. The van der Waals surface area contributed by atoms with E-state index in [0.717, 1.165) is 22.4 Å². The van der Waals surface area contributed by atoms with Crippen molar-refractivity contribution in [3.63, 3.8) is 0 Å². The first-order chi connectivity index (χ1) is 18.4. The van der Waals surface area contributed by atoms with Crippen LogP contribution in [0.15, 0.2) is 27.9 Å². The lowest BCUT2D eigenvalue weighted by molar-refractivity contribution is -0.192. The number of H-pyrrole nitrogens is 1. The molecule has 1 aromatic carbocycles. The van der Waals surface area contributed by atoms with Crippen LogP contribution in [0.1, 0.15) is 55.6 Å². The Morgan fingerprint density at radius 1 is 1.05 bits per heavy atom. The number of alkyl halides is 3. The van der Waals surface area contributed by atoms with E-state index >= 15 is 0 Å². The molecule has 3 aromatic rings. The number of nitrogens with one attached hydrogen (secondary N) is 2. The molecule has 2 heterocycles. The zero-order chi connectivity index (χ0) is 32.2. The second kappa shape index (κ2) is 12.5. The fraction of sp³-hybridized carbons (Fsp3) is 0.435. The summed E-state index contributed by atoms with van der Waals surface area (Å²) >= 11 is 0. The van der Waals surface area contributed by atoms with Crippen molar-refractivity contribution < 1.29 is 52.0 Å². The summed E-state index contributed by atoms with van der Waals surface area (Å²) in [6, 6.07) is 1.04. The molecular formula is C23H31F8N5O5S. The summed E-state index contributed by atoms with van der Waals surface area (Å²) in [5, 5.41) is 21.6. The molecule has 0 saturated heterocycles. The first kappa shape index (κ1) is 38.1. The number of carboxylic acid groups (broad SMARTS) is 1. The van der Waals surface area contributed by atoms with Crippen LogP contribution < -0.4 is 15.9 Å². The van der Waals surface area contributed by atoms with Gasteiger partial charge in [-0.3, -0.25) is 20.1 Å². The van der Waals surface area contributed by atoms with Gasteiger partial charge in [0.25, 0.3) is 5.56 Å². The van der Waals surface area contributed by atoms with Crippen molar-refractivity contribution in [3.8, 4) is 5.75 Å². The van der Waals surface area contributed by atoms with E-state index in [-0.39, 0.29) is 25.2 Å². The number of aromatic amines is 1. The summed E-state index contributed by atoms with van der Waals surface area (Å²) in [6.45, 7) is 6.73. The predicted molar refractivity (Wildman–Crippen MR) is 139 cm³/mol. The van der Waals surface area contributed by atoms with Crippen LogP contribution >= 0.6 is 10.2 Å². The molecule has 3 N–H and O–H groups in total. The lowest BCUT2D eigenvalue weighted by Crippen LogP contribution is -2.28. The number of unbranched alkanes of at least 4 members (excludes halogenated alkanes) is 1. The molecule has 2 aromatic heterocycles. The standard InChI is InChI=1S/C16H16F5N5O3S.C4H10.C2HF3O2.CH4/c1-8-9(2)15(28)24-26-14(8)23-25(16(26)22)7-13(27)10-4-11(29-3)6-12(5-10)30(17,18,19,20)21;1-3-4-2;3-2(4,5)1(6)7;/h4-6,22H,7H2,1-3H3,(H,24,28);3-4H2,1-2H3;(H,6,7);1H4. The number of benzene rings is 1. The second-order valence-corrected chi connectivity index (χ2v) is 10.8. The highest BCUT2D eigenvalue weighted by Gasteiger charge is 2.65. The van der Waals surface area contributed by atoms with E-state index in [0.29, 0.717) is 11.1 Å². The van der Waals surface area contributed by atoms with Gasteiger partial charge in [-0.05, 0) is 26.0 Å². The number of aliphatic carboxylic acids is 1. The van der Waals surface area contributed by atoms with E-state index < -0.39 is 62.1 Å². The van der Waals surface area contributed by atoms with Gasteiger partial charge in [-0.15, -0.1) is 5.10 Å². The number of aryl methyl sites for hydroxylation is 1. The van der Waals surface area contributed by atoms with Crippen LogP contribution in [0.3, 0.4) is 0 Å². The average molecular weight is 642 g/mol.